The van der Waals surface area contributed by atoms with Crippen LogP contribution in [0.15, 0.2) is 40.6 Å². The Morgan fingerprint density at radius 3 is 2.15 bits per heavy atom. The van der Waals surface area contributed by atoms with Crippen LogP contribution in [0.3, 0.4) is 0 Å². The molecule has 0 aliphatic heterocycles. The van der Waals surface area contributed by atoms with Gasteiger partial charge in [-0.2, -0.15) is 0 Å². The Labute approximate surface area is 110 Å². The van der Waals surface area contributed by atoms with Crippen LogP contribution >= 0.6 is 0 Å². The van der Waals surface area contributed by atoms with Crippen LogP contribution in [0, 0.1) is 25.4 Å². The highest BCUT2D eigenvalue weighted by atomic mass is 16.7. The lowest BCUT2D eigenvalue weighted by molar-refractivity contribution is -0.808. The SMILES string of the molecule is [N-]=[N+]=NCC(N=[N+]([O-])c1ccccc1)([N+](=O)[O-])[N+](=O)[O-]. The van der Waals surface area contributed by atoms with Crippen molar-refractivity contribution in [2.75, 3.05) is 6.54 Å². The summed E-state index contributed by atoms with van der Waals surface area (Å²) in [5.41, 5.74) is 7.99. The van der Waals surface area contributed by atoms with Gasteiger partial charge in [0.15, 0.2) is 6.54 Å². The largest absolute Gasteiger partial charge is 0.616 e. The molecule has 104 valence electrons. The molecule has 0 spiro atoms. The maximum atomic E-state index is 11.6. The van der Waals surface area contributed by atoms with E-state index in [1.54, 1.807) is 6.07 Å². The number of nitro groups is 2. The van der Waals surface area contributed by atoms with E-state index in [0.29, 0.717) is 0 Å². The summed E-state index contributed by atoms with van der Waals surface area (Å²) in [6.07, 6.45) is 0. The van der Waals surface area contributed by atoms with Crippen LogP contribution < -0.4 is 0 Å². The number of azide groups is 1. The van der Waals surface area contributed by atoms with Crippen LogP contribution in [0.1, 0.15) is 0 Å². The zero-order valence-electron chi connectivity index (χ0n) is 9.77. The molecular formula is C8H7N7O5. The lowest BCUT2D eigenvalue weighted by Crippen LogP contribution is -2.48. The highest BCUT2D eigenvalue weighted by Crippen LogP contribution is 2.18. The molecule has 0 bridgehead atoms. The molecule has 0 aromatic heterocycles. The van der Waals surface area contributed by atoms with E-state index >= 15 is 0 Å². The first-order chi connectivity index (χ1) is 9.44. The van der Waals surface area contributed by atoms with Crippen molar-refractivity contribution in [1.82, 2.24) is 0 Å². The summed E-state index contributed by atoms with van der Waals surface area (Å²) in [5.74, 6) is -3.26. The lowest BCUT2D eigenvalue weighted by Gasteiger charge is -2.08. The quantitative estimate of drug-likeness (QED) is 0.147. The van der Waals surface area contributed by atoms with Crippen LogP contribution in [0.5, 0.6) is 0 Å². The van der Waals surface area contributed by atoms with Gasteiger partial charge in [0.25, 0.3) is 0 Å². The molecular weight excluding hydrogens is 274 g/mol. The van der Waals surface area contributed by atoms with Crippen LogP contribution in [-0.4, -0.2) is 27.0 Å². The number of rotatable bonds is 6. The first-order valence-corrected chi connectivity index (χ1v) is 4.99. The Morgan fingerprint density at radius 2 is 1.70 bits per heavy atom. The number of nitrogens with zero attached hydrogens (tertiary/aromatic N) is 7. The minimum atomic E-state index is -3.26. The van der Waals surface area contributed by atoms with Crippen molar-refractivity contribution >= 4 is 5.69 Å². The van der Waals surface area contributed by atoms with E-state index in [9.17, 15) is 25.4 Å². The molecule has 1 aromatic carbocycles. The van der Waals surface area contributed by atoms with Gasteiger partial charge < -0.3 is 5.21 Å². The molecule has 0 heterocycles. The number of para-hydroxylation sites is 1. The van der Waals surface area contributed by atoms with E-state index < -0.39 is 22.2 Å². The van der Waals surface area contributed by atoms with Crippen molar-refractivity contribution in [3.8, 4) is 0 Å². The molecule has 0 aliphatic rings. The summed E-state index contributed by atoms with van der Waals surface area (Å²) in [6.45, 7) is -1.23. The Kier molecular flexibility index (Phi) is 4.48. The molecule has 0 aliphatic carbocycles. The molecule has 1 rings (SSSR count). The number of hydrogen-bond acceptors (Lipinski definition) is 7. The fraction of sp³-hybridized carbons (Fsp3) is 0.250. The minimum absolute atomic E-state index is 0.137. The Balaban J connectivity index is 3.34. The summed E-state index contributed by atoms with van der Waals surface area (Å²) in [4.78, 5) is 20.9. The molecule has 0 saturated heterocycles. The van der Waals surface area contributed by atoms with E-state index in [2.05, 4.69) is 15.1 Å². The lowest BCUT2D eigenvalue weighted by atomic mass is 10.3. The van der Waals surface area contributed by atoms with E-state index in [0.717, 1.165) is 0 Å². The molecule has 12 nitrogen and oxygen atoms in total. The third-order valence-corrected chi connectivity index (χ3v) is 2.16. The van der Waals surface area contributed by atoms with E-state index in [4.69, 9.17) is 5.53 Å². The molecule has 0 unspecified atom stereocenters. The zero-order chi connectivity index (χ0) is 15.2. The van der Waals surface area contributed by atoms with Crippen LogP contribution in [0.25, 0.3) is 10.4 Å². The fourth-order valence-electron chi connectivity index (χ4n) is 1.17. The highest BCUT2D eigenvalue weighted by Gasteiger charge is 2.61. The Hall–Kier alpha value is -3.27. The summed E-state index contributed by atoms with van der Waals surface area (Å²) in [5, 5.41) is 39.1. The third-order valence-electron chi connectivity index (χ3n) is 2.16. The van der Waals surface area contributed by atoms with Crippen molar-refractivity contribution in [3.05, 3.63) is 66.2 Å². The molecule has 20 heavy (non-hydrogen) atoms. The van der Waals surface area contributed by atoms with E-state index in [1.165, 1.54) is 24.3 Å². The van der Waals surface area contributed by atoms with Gasteiger partial charge >= 0.3 is 5.79 Å². The summed E-state index contributed by atoms with van der Waals surface area (Å²) >= 11 is 0. The minimum Gasteiger partial charge on any atom is -0.594 e. The average Bonchev–Trinajstić information content (AvgIpc) is 2.43. The Morgan fingerprint density at radius 1 is 1.15 bits per heavy atom. The van der Waals surface area contributed by atoms with Gasteiger partial charge in [0, 0.05) is 17.0 Å². The normalized spacial score (nSPS) is 11.5. The predicted molar refractivity (Wildman–Crippen MR) is 62.9 cm³/mol. The van der Waals surface area contributed by atoms with Gasteiger partial charge in [-0.25, -0.2) is 0 Å². The van der Waals surface area contributed by atoms with Crippen molar-refractivity contribution in [2.24, 2.45) is 10.2 Å². The van der Waals surface area contributed by atoms with Gasteiger partial charge in [0.2, 0.25) is 5.69 Å². The van der Waals surface area contributed by atoms with Crippen molar-refractivity contribution in [2.45, 2.75) is 5.79 Å². The summed E-state index contributed by atoms with van der Waals surface area (Å²) in [7, 11) is 0. The van der Waals surface area contributed by atoms with Crippen molar-refractivity contribution in [3.63, 3.8) is 0 Å². The number of hydrogen-bond donors (Lipinski definition) is 0. The van der Waals surface area contributed by atoms with Crippen LogP contribution in [-0.2, 0) is 0 Å². The predicted octanol–water partition coefficient (Wildman–Crippen LogP) is 1.80. The third kappa shape index (κ3) is 2.94. The first kappa shape index (κ1) is 14.8. The Bertz CT molecular complexity index is 580. The zero-order valence-corrected chi connectivity index (χ0v) is 9.77. The second kappa shape index (κ2) is 6.06. The monoisotopic (exact) mass is 281 g/mol. The van der Waals surface area contributed by atoms with Crippen LogP contribution in [0.2, 0.25) is 0 Å². The molecule has 0 atom stereocenters. The van der Waals surface area contributed by atoms with Gasteiger partial charge in [-0.3, -0.25) is 20.2 Å². The standard InChI is InChI=1S/C8H7N7O5/c9-12-10-6-8(14(17)18,15(19)20)11-13(16)7-4-2-1-3-5-7/h1-5H,6H2. The molecule has 1 aromatic rings. The van der Waals surface area contributed by atoms with Gasteiger partial charge in [-0.15, -0.1) is 0 Å². The second-order valence-corrected chi connectivity index (χ2v) is 3.39. The summed E-state index contributed by atoms with van der Waals surface area (Å²) < 4.78 is 0. The second-order valence-electron chi connectivity index (χ2n) is 3.39. The molecule has 0 radical (unpaired) electrons. The molecule has 0 N–H and O–H groups in total. The number of azo groups is 1. The topological polar surface area (TPSA) is 173 Å². The van der Waals surface area contributed by atoms with Crippen molar-refractivity contribution in [1.29, 1.82) is 0 Å². The summed E-state index contributed by atoms with van der Waals surface area (Å²) in [6, 6.07) is 6.99. The van der Waals surface area contributed by atoms with Crippen LogP contribution in [0.4, 0.5) is 5.69 Å². The fourth-order valence-corrected chi connectivity index (χ4v) is 1.17. The van der Waals surface area contributed by atoms with Gasteiger partial charge in [0.05, 0.1) is 0 Å². The molecule has 12 heteroatoms. The average molecular weight is 281 g/mol. The van der Waals surface area contributed by atoms with E-state index in [1.807, 2.05) is 0 Å². The van der Waals surface area contributed by atoms with E-state index in [-0.39, 0.29) is 10.5 Å². The molecule has 0 fully saturated rings. The maximum Gasteiger partial charge on any atom is 0.616 e. The highest BCUT2D eigenvalue weighted by molar-refractivity contribution is 5.27. The maximum absolute atomic E-state index is 11.6. The van der Waals surface area contributed by atoms with Gasteiger partial charge in [-0.1, -0.05) is 23.3 Å². The number of benzene rings is 1. The molecule has 0 amide bonds. The van der Waals surface area contributed by atoms with Gasteiger partial charge in [-0.05, 0) is 10.4 Å². The van der Waals surface area contributed by atoms with Gasteiger partial charge in [0.1, 0.15) is 15.0 Å². The molecule has 0 saturated carbocycles. The first-order valence-electron chi connectivity index (χ1n) is 4.99. The van der Waals surface area contributed by atoms with Crippen molar-refractivity contribution < 1.29 is 14.7 Å². The smallest absolute Gasteiger partial charge is 0.594 e.